The highest BCUT2D eigenvalue weighted by atomic mass is 127. The number of alkyl halides is 1. The zero-order chi connectivity index (χ0) is 11.9. The summed E-state index contributed by atoms with van der Waals surface area (Å²) in [4.78, 5) is 0. The fourth-order valence-corrected chi connectivity index (χ4v) is 1.98. The molecule has 0 aromatic carbocycles. The van der Waals surface area contributed by atoms with Crippen molar-refractivity contribution in [1.82, 2.24) is 0 Å². The molecule has 0 bridgehead atoms. The minimum absolute atomic E-state index is 0.298. The molecule has 88 valence electrons. The zero-order valence-corrected chi connectivity index (χ0v) is 13.7. The van der Waals surface area contributed by atoms with Crippen LogP contribution in [0.2, 0.25) is 18.1 Å². The molecule has 0 aliphatic heterocycles. The summed E-state index contributed by atoms with van der Waals surface area (Å²) in [7, 11) is -1.56. The van der Waals surface area contributed by atoms with Gasteiger partial charge in [-0.2, -0.15) is 0 Å². The highest BCUT2D eigenvalue weighted by Gasteiger charge is 2.36. The standard InChI is InChI=1S/C12H23IOSi/c1-12(2,3)15(4,5)14-11-9-7-6-8-10-13/h6,9H,8,10-11H2,1-5H3. The maximum absolute atomic E-state index is 5.97. The van der Waals surface area contributed by atoms with Crippen LogP contribution in [0.15, 0.2) is 17.9 Å². The average molecular weight is 338 g/mol. The van der Waals surface area contributed by atoms with E-state index in [1.54, 1.807) is 0 Å². The quantitative estimate of drug-likeness (QED) is 0.309. The summed E-state index contributed by atoms with van der Waals surface area (Å²) in [6.07, 6.45) is 5.16. The van der Waals surface area contributed by atoms with Crippen LogP contribution in [0.3, 0.4) is 0 Å². The molecule has 0 radical (unpaired) electrons. The number of halogens is 1. The smallest absolute Gasteiger partial charge is 0.192 e. The summed E-state index contributed by atoms with van der Waals surface area (Å²) in [5.41, 5.74) is 3.15. The van der Waals surface area contributed by atoms with Crippen LogP contribution in [0.4, 0.5) is 0 Å². The molecule has 0 heterocycles. The van der Waals surface area contributed by atoms with Gasteiger partial charge in [0.25, 0.3) is 0 Å². The van der Waals surface area contributed by atoms with Crippen LogP contribution in [0.5, 0.6) is 0 Å². The van der Waals surface area contributed by atoms with E-state index >= 15 is 0 Å². The summed E-state index contributed by atoms with van der Waals surface area (Å²) in [5.74, 6) is 0. The predicted molar refractivity (Wildman–Crippen MR) is 79.3 cm³/mol. The zero-order valence-electron chi connectivity index (χ0n) is 10.6. The lowest BCUT2D eigenvalue weighted by Gasteiger charge is -2.35. The Labute approximate surface area is 109 Å². The van der Waals surface area contributed by atoms with Crippen LogP contribution >= 0.6 is 22.6 Å². The third kappa shape index (κ3) is 6.56. The molecule has 0 atom stereocenters. The van der Waals surface area contributed by atoms with Crippen molar-refractivity contribution in [3.05, 3.63) is 17.9 Å². The molecule has 0 N–H and O–H groups in total. The van der Waals surface area contributed by atoms with Crippen LogP contribution in [-0.2, 0) is 4.43 Å². The van der Waals surface area contributed by atoms with Crippen molar-refractivity contribution in [3.63, 3.8) is 0 Å². The lowest BCUT2D eigenvalue weighted by Crippen LogP contribution is -2.40. The molecular weight excluding hydrogens is 315 g/mol. The molecule has 0 aliphatic rings. The molecule has 0 fully saturated rings. The Hall–Kier alpha value is 0.427. The average Bonchev–Trinajstić information content (AvgIpc) is 2.09. The summed E-state index contributed by atoms with van der Waals surface area (Å²) >= 11 is 2.36. The molecule has 0 saturated heterocycles. The van der Waals surface area contributed by atoms with Crippen molar-refractivity contribution in [1.29, 1.82) is 0 Å². The maximum Gasteiger partial charge on any atom is 0.192 e. The van der Waals surface area contributed by atoms with Crippen molar-refractivity contribution in [2.45, 2.75) is 45.3 Å². The molecule has 0 unspecified atom stereocenters. The van der Waals surface area contributed by atoms with Crippen molar-refractivity contribution in [2.75, 3.05) is 11.0 Å². The van der Waals surface area contributed by atoms with Gasteiger partial charge in [0.2, 0.25) is 0 Å². The summed E-state index contributed by atoms with van der Waals surface area (Å²) in [6.45, 7) is 12.0. The first-order chi connectivity index (χ1) is 6.81. The third-order valence-electron chi connectivity index (χ3n) is 2.82. The van der Waals surface area contributed by atoms with Gasteiger partial charge in [-0.3, -0.25) is 0 Å². The highest BCUT2D eigenvalue weighted by Crippen LogP contribution is 2.36. The Balaban J connectivity index is 4.01. The van der Waals surface area contributed by atoms with E-state index in [4.69, 9.17) is 4.43 Å². The Morgan fingerprint density at radius 3 is 2.33 bits per heavy atom. The van der Waals surface area contributed by atoms with E-state index in [0.29, 0.717) is 11.6 Å². The lowest BCUT2D eigenvalue weighted by molar-refractivity contribution is 0.328. The van der Waals surface area contributed by atoms with Gasteiger partial charge >= 0.3 is 0 Å². The molecule has 0 aromatic heterocycles. The van der Waals surface area contributed by atoms with E-state index in [1.165, 1.54) is 0 Å². The molecule has 0 aromatic rings. The Morgan fingerprint density at radius 2 is 1.87 bits per heavy atom. The minimum atomic E-state index is -1.56. The van der Waals surface area contributed by atoms with Crippen molar-refractivity contribution < 1.29 is 4.43 Å². The van der Waals surface area contributed by atoms with E-state index in [0.717, 1.165) is 10.8 Å². The predicted octanol–water partition coefficient (Wildman–Crippen LogP) is 4.54. The number of hydrogen-bond donors (Lipinski definition) is 0. The second-order valence-electron chi connectivity index (χ2n) is 5.12. The largest absolute Gasteiger partial charge is 0.413 e. The van der Waals surface area contributed by atoms with Gasteiger partial charge in [0, 0.05) is 4.43 Å². The fraction of sp³-hybridized carbons (Fsp3) is 0.750. The second kappa shape index (κ2) is 6.89. The van der Waals surface area contributed by atoms with Crippen molar-refractivity contribution in [3.8, 4) is 0 Å². The minimum Gasteiger partial charge on any atom is -0.413 e. The molecule has 1 nitrogen and oxygen atoms in total. The number of hydrogen-bond acceptors (Lipinski definition) is 1. The van der Waals surface area contributed by atoms with Crippen LogP contribution < -0.4 is 0 Å². The van der Waals surface area contributed by atoms with E-state index in [2.05, 4.69) is 68.3 Å². The van der Waals surface area contributed by atoms with E-state index in [-0.39, 0.29) is 0 Å². The normalized spacial score (nSPS) is 12.1. The molecule has 0 saturated carbocycles. The van der Waals surface area contributed by atoms with E-state index < -0.39 is 8.32 Å². The molecule has 0 aliphatic carbocycles. The SMILES string of the molecule is CC(C)(C)[Si](C)(C)OCC=C=CCCI. The Kier molecular flexibility index (Phi) is 7.09. The molecule has 15 heavy (non-hydrogen) atoms. The van der Waals surface area contributed by atoms with Crippen molar-refractivity contribution >= 4 is 30.9 Å². The summed E-state index contributed by atoms with van der Waals surface area (Å²) < 4.78 is 7.13. The topological polar surface area (TPSA) is 9.23 Å². The van der Waals surface area contributed by atoms with Crippen LogP contribution in [0.25, 0.3) is 0 Å². The third-order valence-corrected chi connectivity index (χ3v) is 7.95. The van der Waals surface area contributed by atoms with Crippen LogP contribution in [0.1, 0.15) is 27.2 Å². The highest BCUT2D eigenvalue weighted by molar-refractivity contribution is 14.1. The lowest BCUT2D eigenvalue weighted by atomic mass is 10.2. The molecular formula is C12H23IOSi. The Morgan fingerprint density at radius 1 is 1.27 bits per heavy atom. The molecule has 3 heteroatoms. The van der Waals surface area contributed by atoms with Gasteiger partial charge in [-0.1, -0.05) is 43.4 Å². The second-order valence-corrected chi connectivity index (χ2v) is 11.0. The van der Waals surface area contributed by atoms with Gasteiger partial charge in [0.1, 0.15) is 0 Å². The fourth-order valence-electron chi connectivity index (χ4n) is 0.736. The maximum atomic E-state index is 5.97. The summed E-state index contributed by atoms with van der Waals surface area (Å²) in [5, 5.41) is 0.298. The van der Waals surface area contributed by atoms with Crippen LogP contribution in [-0.4, -0.2) is 19.4 Å². The summed E-state index contributed by atoms with van der Waals surface area (Å²) in [6, 6.07) is 0. The molecule has 0 amide bonds. The van der Waals surface area contributed by atoms with Gasteiger partial charge < -0.3 is 4.43 Å². The van der Waals surface area contributed by atoms with Gasteiger partial charge in [-0.05, 0) is 36.7 Å². The van der Waals surface area contributed by atoms with E-state index in [1.807, 2.05) is 6.08 Å². The monoisotopic (exact) mass is 338 g/mol. The first-order valence-corrected chi connectivity index (χ1v) is 9.84. The van der Waals surface area contributed by atoms with Gasteiger partial charge in [-0.15, -0.1) is 5.73 Å². The van der Waals surface area contributed by atoms with E-state index in [9.17, 15) is 0 Å². The van der Waals surface area contributed by atoms with Gasteiger partial charge in [-0.25, -0.2) is 0 Å². The molecule has 0 spiro atoms. The van der Waals surface area contributed by atoms with Gasteiger partial charge in [0.15, 0.2) is 8.32 Å². The Bertz CT molecular complexity index is 234. The first kappa shape index (κ1) is 15.4. The number of rotatable bonds is 5. The van der Waals surface area contributed by atoms with Crippen LogP contribution in [0, 0.1) is 0 Å². The van der Waals surface area contributed by atoms with Crippen molar-refractivity contribution in [2.24, 2.45) is 0 Å². The molecule has 0 rings (SSSR count). The first-order valence-electron chi connectivity index (χ1n) is 5.40. The van der Waals surface area contributed by atoms with Gasteiger partial charge in [0.05, 0.1) is 6.61 Å².